The minimum Gasteiger partial charge on any atom is -0.481 e. The quantitative estimate of drug-likeness (QED) is 0.339. The highest BCUT2D eigenvalue weighted by Gasteiger charge is 2.44. The SMILES string of the molecule is Cc1cc(Nc2nccc(C(F)(F)F)n2)cc(-c2cnc([C@](O)(CF)C3CCC(C(=O)O)CC3)s2)c1. The normalized spacial score (nSPS) is 20.1. The summed E-state index contributed by atoms with van der Waals surface area (Å²) in [7, 11) is 0. The topological polar surface area (TPSA) is 108 Å². The monoisotopic (exact) mass is 524 g/mol. The minimum atomic E-state index is -4.60. The van der Waals surface area contributed by atoms with E-state index in [0.717, 1.165) is 29.2 Å². The molecule has 1 aromatic carbocycles. The highest BCUT2D eigenvalue weighted by Crippen LogP contribution is 2.44. The predicted molar refractivity (Wildman–Crippen MR) is 126 cm³/mol. The molecular weight excluding hydrogens is 500 g/mol. The van der Waals surface area contributed by atoms with E-state index in [9.17, 15) is 32.6 Å². The Morgan fingerprint density at radius 1 is 1.17 bits per heavy atom. The largest absolute Gasteiger partial charge is 0.481 e. The van der Waals surface area contributed by atoms with Crippen molar-refractivity contribution < 1.29 is 32.6 Å². The van der Waals surface area contributed by atoms with Gasteiger partial charge in [-0.2, -0.15) is 13.2 Å². The van der Waals surface area contributed by atoms with Gasteiger partial charge in [-0.15, -0.1) is 11.3 Å². The van der Waals surface area contributed by atoms with Gasteiger partial charge in [0.1, 0.15) is 23.0 Å². The minimum absolute atomic E-state index is 0.205. The van der Waals surface area contributed by atoms with Crippen LogP contribution >= 0.6 is 11.3 Å². The zero-order valence-corrected chi connectivity index (χ0v) is 20.0. The van der Waals surface area contributed by atoms with E-state index in [1.54, 1.807) is 12.1 Å². The molecule has 1 saturated carbocycles. The number of carboxylic acids is 1. The molecule has 3 aromatic rings. The van der Waals surface area contributed by atoms with Crippen LogP contribution in [0.25, 0.3) is 10.4 Å². The second kappa shape index (κ2) is 10.1. The van der Waals surface area contributed by atoms with Gasteiger partial charge in [-0.05, 0) is 67.9 Å². The molecule has 1 aliphatic carbocycles. The Balaban J connectivity index is 1.57. The lowest BCUT2D eigenvalue weighted by Gasteiger charge is -2.36. The number of aliphatic hydroxyl groups is 1. The van der Waals surface area contributed by atoms with Gasteiger partial charge in [0, 0.05) is 18.1 Å². The first-order valence-electron chi connectivity index (χ1n) is 11.3. The molecule has 36 heavy (non-hydrogen) atoms. The van der Waals surface area contributed by atoms with Crippen molar-refractivity contribution in [2.75, 3.05) is 12.0 Å². The summed E-state index contributed by atoms with van der Waals surface area (Å²) in [5, 5.41) is 23.4. The van der Waals surface area contributed by atoms with Crippen molar-refractivity contribution in [3.63, 3.8) is 0 Å². The molecule has 1 atom stereocenters. The van der Waals surface area contributed by atoms with Crippen LogP contribution in [0.2, 0.25) is 0 Å². The average molecular weight is 525 g/mol. The lowest BCUT2D eigenvalue weighted by atomic mass is 9.74. The summed E-state index contributed by atoms with van der Waals surface area (Å²) >= 11 is 1.12. The van der Waals surface area contributed by atoms with E-state index in [2.05, 4.69) is 20.3 Å². The van der Waals surface area contributed by atoms with Crippen LogP contribution in [0.1, 0.15) is 41.9 Å². The number of aromatic nitrogens is 3. The third kappa shape index (κ3) is 5.49. The summed E-state index contributed by atoms with van der Waals surface area (Å²) in [5.74, 6) is -2.04. The van der Waals surface area contributed by atoms with E-state index < -0.39 is 42.0 Å². The van der Waals surface area contributed by atoms with E-state index in [0.29, 0.717) is 41.8 Å². The van der Waals surface area contributed by atoms with E-state index in [1.165, 1.54) is 6.20 Å². The standard InChI is InChI=1S/C24H24F4N4O3S/c1-13-8-15(10-17(9-13)31-22-29-7-6-19(32-22)24(26,27)28)18-11-30-21(36-18)23(35,12-25)16-4-2-14(3-5-16)20(33)34/h6-11,14,16,35H,2-5,12H2,1H3,(H,33,34)(H,29,31,32)/t14?,16?,23-/m0/s1. The van der Waals surface area contributed by atoms with E-state index >= 15 is 0 Å². The van der Waals surface area contributed by atoms with Crippen LogP contribution in [-0.2, 0) is 16.6 Å². The molecule has 7 nitrogen and oxygen atoms in total. The van der Waals surface area contributed by atoms with E-state index in [1.807, 2.05) is 13.0 Å². The molecule has 0 saturated heterocycles. The first-order chi connectivity index (χ1) is 17.0. The maximum absolute atomic E-state index is 14.2. The van der Waals surface area contributed by atoms with Crippen molar-refractivity contribution in [2.45, 2.75) is 44.4 Å². The number of nitrogens with zero attached hydrogens (tertiary/aromatic N) is 3. The van der Waals surface area contributed by atoms with Crippen molar-refractivity contribution in [3.05, 3.63) is 52.9 Å². The number of hydrogen-bond donors (Lipinski definition) is 3. The zero-order valence-electron chi connectivity index (χ0n) is 19.2. The second-order valence-electron chi connectivity index (χ2n) is 8.95. The van der Waals surface area contributed by atoms with Crippen LogP contribution < -0.4 is 5.32 Å². The zero-order chi connectivity index (χ0) is 26.1. The summed E-state index contributed by atoms with van der Waals surface area (Å²) in [6.45, 7) is 0.762. The maximum Gasteiger partial charge on any atom is 0.433 e. The van der Waals surface area contributed by atoms with Gasteiger partial charge in [0.05, 0.1) is 10.8 Å². The number of thiazole rings is 1. The number of anilines is 2. The molecule has 3 N–H and O–H groups in total. The number of carboxylic acid groups (broad SMARTS) is 1. The van der Waals surface area contributed by atoms with Crippen molar-refractivity contribution in [1.29, 1.82) is 0 Å². The summed E-state index contributed by atoms with van der Waals surface area (Å²) in [4.78, 5) is 23.5. The first kappa shape index (κ1) is 26.0. The molecule has 12 heteroatoms. The van der Waals surface area contributed by atoms with Gasteiger partial charge in [-0.3, -0.25) is 4.79 Å². The molecule has 2 aromatic heterocycles. The van der Waals surface area contributed by atoms with Gasteiger partial charge in [0.25, 0.3) is 0 Å². The number of rotatable bonds is 7. The molecule has 2 heterocycles. The third-order valence-electron chi connectivity index (χ3n) is 6.40. The van der Waals surface area contributed by atoms with Gasteiger partial charge in [0.15, 0.2) is 0 Å². The van der Waals surface area contributed by atoms with Gasteiger partial charge in [-0.25, -0.2) is 19.3 Å². The Morgan fingerprint density at radius 3 is 2.53 bits per heavy atom. The van der Waals surface area contributed by atoms with Gasteiger partial charge >= 0.3 is 12.1 Å². The molecule has 1 aliphatic rings. The lowest BCUT2D eigenvalue weighted by molar-refractivity contribution is -0.144. The molecule has 0 spiro atoms. The van der Waals surface area contributed by atoms with E-state index in [-0.39, 0.29) is 11.0 Å². The van der Waals surface area contributed by atoms with Gasteiger partial charge < -0.3 is 15.5 Å². The molecule has 0 bridgehead atoms. The molecule has 0 aliphatic heterocycles. The molecule has 1 fully saturated rings. The Morgan fingerprint density at radius 2 is 1.89 bits per heavy atom. The van der Waals surface area contributed by atoms with Crippen molar-refractivity contribution in [3.8, 4) is 10.4 Å². The number of halogens is 4. The number of aliphatic carboxylic acids is 1. The number of benzene rings is 1. The van der Waals surface area contributed by atoms with Gasteiger partial charge in [0.2, 0.25) is 5.95 Å². The van der Waals surface area contributed by atoms with Crippen LogP contribution in [0.15, 0.2) is 36.7 Å². The van der Waals surface area contributed by atoms with Crippen LogP contribution in [0.5, 0.6) is 0 Å². The Kier molecular flexibility index (Phi) is 7.28. The average Bonchev–Trinajstić information content (AvgIpc) is 3.34. The molecule has 4 rings (SSSR count). The Hall–Kier alpha value is -3.12. The predicted octanol–water partition coefficient (Wildman–Crippen LogP) is 5.72. The summed E-state index contributed by atoms with van der Waals surface area (Å²) < 4.78 is 53.1. The third-order valence-corrected chi connectivity index (χ3v) is 7.61. The molecular formula is C24H24F4N4O3S. The number of aryl methyl sites for hydroxylation is 1. The number of carbonyl (C=O) groups is 1. The smallest absolute Gasteiger partial charge is 0.433 e. The number of nitrogens with one attached hydrogen (secondary N) is 1. The second-order valence-corrected chi connectivity index (χ2v) is 9.98. The first-order valence-corrected chi connectivity index (χ1v) is 12.1. The van der Waals surface area contributed by atoms with E-state index in [4.69, 9.17) is 0 Å². The van der Waals surface area contributed by atoms with Crippen LogP contribution in [0.3, 0.4) is 0 Å². The Bertz CT molecular complexity index is 1240. The Labute approximate surface area is 208 Å². The molecule has 0 radical (unpaired) electrons. The summed E-state index contributed by atoms with van der Waals surface area (Å²) in [6.07, 6.45) is -0.578. The van der Waals surface area contributed by atoms with Crippen LogP contribution in [-0.4, -0.2) is 37.8 Å². The fraction of sp³-hybridized carbons (Fsp3) is 0.417. The number of alkyl halides is 4. The van der Waals surface area contributed by atoms with Crippen LogP contribution in [0, 0.1) is 18.8 Å². The molecule has 0 amide bonds. The van der Waals surface area contributed by atoms with Crippen molar-refractivity contribution in [2.24, 2.45) is 11.8 Å². The molecule has 0 unspecified atom stereocenters. The summed E-state index contributed by atoms with van der Waals surface area (Å²) in [5.41, 5.74) is -0.966. The fourth-order valence-electron chi connectivity index (χ4n) is 4.47. The highest BCUT2D eigenvalue weighted by molar-refractivity contribution is 7.15. The lowest BCUT2D eigenvalue weighted by Crippen LogP contribution is -2.40. The molecule has 192 valence electrons. The van der Waals surface area contributed by atoms with Crippen LogP contribution in [0.4, 0.5) is 29.2 Å². The highest BCUT2D eigenvalue weighted by atomic mass is 32.1. The fourth-order valence-corrected chi connectivity index (χ4v) is 5.52. The maximum atomic E-state index is 14.2. The number of hydrogen-bond acceptors (Lipinski definition) is 7. The van der Waals surface area contributed by atoms with Crippen molar-refractivity contribution >= 4 is 28.9 Å². The van der Waals surface area contributed by atoms with Crippen molar-refractivity contribution in [1.82, 2.24) is 15.0 Å². The summed E-state index contributed by atoms with van der Waals surface area (Å²) in [6, 6.07) is 6.02. The van der Waals surface area contributed by atoms with Gasteiger partial charge in [-0.1, -0.05) is 6.07 Å².